The molecule has 2 atom stereocenters. The van der Waals surface area contributed by atoms with E-state index in [1.165, 1.54) is 4.31 Å². The Morgan fingerprint density at radius 3 is 2.72 bits per heavy atom. The molecule has 3 rings (SSSR count). The Hall–Kier alpha value is -1.45. The molecule has 1 amide bonds. The van der Waals surface area contributed by atoms with Gasteiger partial charge in [0.15, 0.2) is 0 Å². The van der Waals surface area contributed by atoms with Gasteiger partial charge in [-0.05, 0) is 46.1 Å². The predicted octanol–water partition coefficient (Wildman–Crippen LogP) is 0.295. The molecule has 2 aliphatic rings. The van der Waals surface area contributed by atoms with E-state index in [2.05, 4.69) is 20.8 Å². The highest BCUT2D eigenvalue weighted by molar-refractivity contribution is 7.89. The fourth-order valence-corrected chi connectivity index (χ4v) is 5.57. The van der Waals surface area contributed by atoms with E-state index < -0.39 is 10.0 Å². The van der Waals surface area contributed by atoms with Crippen LogP contribution in [0.2, 0.25) is 0 Å². The van der Waals surface area contributed by atoms with Crippen LogP contribution < -0.4 is 10.6 Å². The summed E-state index contributed by atoms with van der Waals surface area (Å²) in [6.07, 6.45) is 3.44. The number of aryl methyl sites for hydroxylation is 2. The zero-order valence-corrected chi connectivity index (χ0v) is 15.7. The van der Waals surface area contributed by atoms with Crippen molar-refractivity contribution in [3.63, 3.8) is 0 Å². The molecule has 0 aromatic carbocycles. The number of piperidine rings is 2. The van der Waals surface area contributed by atoms with Gasteiger partial charge in [0.25, 0.3) is 0 Å². The number of hydrogen-bond donors (Lipinski definition) is 3. The summed E-state index contributed by atoms with van der Waals surface area (Å²) in [6.45, 7) is 5.84. The minimum atomic E-state index is -3.63. The van der Waals surface area contributed by atoms with Gasteiger partial charge in [-0.25, -0.2) is 8.42 Å². The van der Waals surface area contributed by atoms with E-state index in [-0.39, 0.29) is 29.3 Å². The number of carbonyl (C=O) groups excluding carboxylic acids is 1. The molecule has 2 fully saturated rings. The Morgan fingerprint density at radius 1 is 1.28 bits per heavy atom. The van der Waals surface area contributed by atoms with Crippen molar-refractivity contribution in [2.24, 2.45) is 5.92 Å². The van der Waals surface area contributed by atoms with Gasteiger partial charge < -0.3 is 10.6 Å². The van der Waals surface area contributed by atoms with Gasteiger partial charge in [-0.1, -0.05) is 0 Å². The standard InChI is InChI=1S/C16H27N5O3S/c1-11-15(12(2)20-19-11)25(23,24)21-8-4-5-13(10-21)16(22)18-14-6-3-7-17-9-14/h13-14,17H,3-10H2,1-2H3,(H,18,22)(H,19,20)/t13?,14-/m0/s1. The molecule has 0 saturated carbocycles. The van der Waals surface area contributed by atoms with E-state index in [9.17, 15) is 13.2 Å². The van der Waals surface area contributed by atoms with E-state index in [1.54, 1.807) is 13.8 Å². The van der Waals surface area contributed by atoms with Crippen LogP contribution in [-0.4, -0.2) is 61.0 Å². The average molecular weight is 369 g/mol. The molecule has 0 bridgehead atoms. The summed E-state index contributed by atoms with van der Waals surface area (Å²) in [5, 5.41) is 13.1. The number of hydrogen-bond acceptors (Lipinski definition) is 5. The van der Waals surface area contributed by atoms with Gasteiger partial charge in [-0.2, -0.15) is 9.40 Å². The number of nitrogens with one attached hydrogen (secondary N) is 3. The number of carbonyl (C=O) groups is 1. The van der Waals surface area contributed by atoms with Gasteiger partial charge >= 0.3 is 0 Å². The Morgan fingerprint density at radius 2 is 2.08 bits per heavy atom. The van der Waals surface area contributed by atoms with Crippen LogP contribution in [0.25, 0.3) is 0 Å². The molecule has 1 aromatic heterocycles. The first-order valence-electron chi connectivity index (χ1n) is 8.92. The molecule has 1 aromatic rings. The molecule has 0 aliphatic carbocycles. The van der Waals surface area contributed by atoms with E-state index in [0.717, 1.165) is 32.4 Å². The van der Waals surface area contributed by atoms with Crippen LogP contribution >= 0.6 is 0 Å². The Labute approximate surface area is 148 Å². The fraction of sp³-hybridized carbons (Fsp3) is 0.750. The molecular formula is C16H27N5O3S. The highest BCUT2D eigenvalue weighted by atomic mass is 32.2. The first kappa shape index (κ1) is 18.3. The van der Waals surface area contributed by atoms with Crippen molar-refractivity contribution in [3.05, 3.63) is 11.4 Å². The monoisotopic (exact) mass is 369 g/mol. The van der Waals surface area contributed by atoms with Gasteiger partial charge in [-0.15, -0.1) is 0 Å². The smallest absolute Gasteiger partial charge is 0.246 e. The van der Waals surface area contributed by atoms with Crippen molar-refractivity contribution in [3.8, 4) is 0 Å². The molecule has 25 heavy (non-hydrogen) atoms. The van der Waals surface area contributed by atoms with Crippen molar-refractivity contribution in [1.29, 1.82) is 0 Å². The SMILES string of the molecule is Cc1n[nH]c(C)c1S(=O)(=O)N1CCCC(C(=O)N[C@H]2CCCNC2)C1. The number of aromatic nitrogens is 2. The fourth-order valence-electron chi connectivity index (χ4n) is 3.72. The summed E-state index contributed by atoms with van der Waals surface area (Å²) in [4.78, 5) is 12.8. The Bertz CT molecular complexity index is 705. The van der Waals surface area contributed by atoms with E-state index in [4.69, 9.17) is 0 Å². The summed E-state index contributed by atoms with van der Waals surface area (Å²) >= 11 is 0. The first-order valence-corrected chi connectivity index (χ1v) is 10.4. The van der Waals surface area contributed by atoms with Crippen LogP contribution in [0.1, 0.15) is 37.1 Å². The van der Waals surface area contributed by atoms with Gasteiger partial charge in [0.1, 0.15) is 4.90 Å². The number of rotatable bonds is 4. The third kappa shape index (κ3) is 3.88. The molecule has 9 heteroatoms. The van der Waals surface area contributed by atoms with Gasteiger partial charge in [-0.3, -0.25) is 9.89 Å². The van der Waals surface area contributed by atoms with E-state index >= 15 is 0 Å². The molecule has 0 radical (unpaired) electrons. The van der Waals surface area contributed by atoms with E-state index in [0.29, 0.717) is 24.4 Å². The van der Waals surface area contributed by atoms with Crippen LogP contribution in [0.3, 0.4) is 0 Å². The number of sulfonamides is 1. The van der Waals surface area contributed by atoms with Crippen LogP contribution in [0.15, 0.2) is 4.90 Å². The molecule has 140 valence electrons. The second-order valence-electron chi connectivity index (χ2n) is 7.02. The molecule has 3 N–H and O–H groups in total. The maximum Gasteiger partial charge on any atom is 0.246 e. The maximum absolute atomic E-state index is 13.0. The van der Waals surface area contributed by atoms with Crippen molar-refractivity contribution in [2.75, 3.05) is 26.2 Å². The normalized spacial score (nSPS) is 25.7. The van der Waals surface area contributed by atoms with Crippen LogP contribution in [0.5, 0.6) is 0 Å². The third-order valence-electron chi connectivity index (χ3n) is 5.06. The lowest BCUT2D eigenvalue weighted by Crippen LogP contribution is -2.51. The maximum atomic E-state index is 13.0. The molecule has 0 spiro atoms. The lowest BCUT2D eigenvalue weighted by Gasteiger charge is -2.33. The number of aromatic amines is 1. The Balaban J connectivity index is 1.69. The molecule has 2 saturated heterocycles. The van der Waals surface area contributed by atoms with E-state index in [1.807, 2.05) is 0 Å². The first-order chi connectivity index (χ1) is 11.9. The minimum absolute atomic E-state index is 0.0331. The lowest BCUT2D eigenvalue weighted by atomic mass is 9.97. The highest BCUT2D eigenvalue weighted by Gasteiger charge is 2.36. The number of H-pyrrole nitrogens is 1. The second-order valence-corrected chi connectivity index (χ2v) is 8.89. The summed E-state index contributed by atoms with van der Waals surface area (Å²) in [5.41, 5.74) is 1.01. The van der Waals surface area contributed by atoms with Gasteiger partial charge in [0.2, 0.25) is 15.9 Å². The molecule has 2 aliphatic heterocycles. The zero-order chi connectivity index (χ0) is 18.0. The lowest BCUT2D eigenvalue weighted by molar-refractivity contribution is -0.126. The summed E-state index contributed by atoms with van der Waals surface area (Å²) in [6, 6.07) is 0.145. The van der Waals surface area contributed by atoms with Crippen molar-refractivity contribution in [2.45, 2.75) is 50.5 Å². The van der Waals surface area contributed by atoms with Crippen molar-refractivity contribution in [1.82, 2.24) is 25.1 Å². The number of nitrogens with zero attached hydrogens (tertiary/aromatic N) is 2. The minimum Gasteiger partial charge on any atom is -0.352 e. The summed E-state index contributed by atoms with van der Waals surface area (Å²) < 4.78 is 27.4. The van der Waals surface area contributed by atoms with Crippen LogP contribution in [0.4, 0.5) is 0 Å². The molecule has 1 unspecified atom stereocenters. The molecular weight excluding hydrogens is 342 g/mol. The van der Waals surface area contributed by atoms with Crippen molar-refractivity contribution >= 4 is 15.9 Å². The topological polar surface area (TPSA) is 107 Å². The summed E-state index contributed by atoms with van der Waals surface area (Å²) in [7, 11) is -3.63. The summed E-state index contributed by atoms with van der Waals surface area (Å²) in [5.74, 6) is -0.327. The third-order valence-corrected chi connectivity index (χ3v) is 7.19. The second kappa shape index (κ2) is 7.43. The molecule has 8 nitrogen and oxygen atoms in total. The van der Waals surface area contributed by atoms with Crippen LogP contribution in [-0.2, 0) is 14.8 Å². The van der Waals surface area contributed by atoms with Crippen molar-refractivity contribution < 1.29 is 13.2 Å². The quantitative estimate of drug-likeness (QED) is 0.707. The number of amides is 1. The van der Waals surface area contributed by atoms with Gasteiger partial charge in [0.05, 0.1) is 17.3 Å². The van der Waals surface area contributed by atoms with Gasteiger partial charge in [0, 0.05) is 25.7 Å². The van der Waals surface area contributed by atoms with Crippen LogP contribution in [0, 0.1) is 19.8 Å². The molecule has 3 heterocycles. The Kier molecular flexibility index (Phi) is 5.45. The predicted molar refractivity (Wildman–Crippen MR) is 93.6 cm³/mol. The highest BCUT2D eigenvalue weighted by Crippen LogP contribution is 2.27. The average Bonchev–Trinajstić information content (AvgIpc) is 2.95. The largest absolute Gasteiger partial charge is 0.352 e. The zero-order valence-electron chi connectivity index (χ0n) is 14.8.